The summed E-state index contributed by atoms with van der Waals surface area (Å²) in [5, 5.41) is 0. The number of nitrogens with zero attached hydrogens (tertiary/aromatic N) is 2. The molecule has 0 unspecified atom stereocenters. The van der Waals surface area contributed by atoms with E-state index in [9.17, 15) is 9.59 Å². The summed E-state index contributed by atoms with van der Waals surface area (Å²) in [5.41, 5.74) is 1.18. The molecular weight excluding hydrogens is 384 g/mol. The van der Waals surface area contributed by atoms with E-state index in [4.69, 9.17) is 14.2 Å². The second-order valence-electron chi connectivity index (χ2n) is 8.37. The first kappa shape index (κ1) is 19.2. The van der Waals surface area contributed by atoms with Crippen molar-refractivity contribution >= 4 is 5.91 Å². The number of pyridine rings is 1. The molecule has 3 aliphatic heterocycles. The molecule has 2 saturated heterocycles. The van der Waals surface area contributed by atoms with Gasteiger partial charge in [0.25, 0.3) is 11.5 Å². The van der Waals surface area contributed by atoms with Gasteiger partial charge in [-0.1, -0.05) is 0 Å². The minimum Gasteiger partial charge on any atom is -0.454 e. The summed E-state index contributed by atoms with van der Waals surface area (Å²) >= 11 is 0. The quantitative estimate of drug-likeness (QED) is 0.761. The van der Waals surface area contributed by atoms with Crippen LogP contribution in [0.4, 0.5) is 0 Å². The highest BCUT2D eigenvalue weighted by molar-refractivity contribution is 5.95. The van der Waals surface area contributed by atoms with Crippen LogP contribution >= 0.6 is 0 Å². The summed E-state index contributed by atoms with van der Waals surface area (Å²) in [6.45, 7) is 4.04. The first-order valence-corrected chi connectivity index (χ1v) is 10.6. The van der Waals surface area contributed by atoms with Crippen LogP contribution in [0.1, 0.15) is 48.0 Å². The van der Waals surface area contributed by atoms with Crippen LogP contribution in [0.2, 0.25) is 0 Å². The van der Waals surface area contributed by atoms with E-state index < -0.39 is 0 Å². The zero-order valence-corrected chi connectivity index (χ0v) is 17.2. The van der Waals surface area contributed by atoms with Crippen LogP contribution in [-0.4, -0.2) is 47.5 Å². The second-order valence-corrected chi connectivity index (χ2v) is 8.37. The molecule has 0 bridgehead atoms. The first-order chi connectivity index (χ1) is 14.6. The zero-order chi connectivity index (χ0) is 20.7. The number of likely N-dealkylation sites (tertiary alicyclic amines) is 1. The lowest BCUT2D eigenvalue weighted by Gasteiger charge is -2.44. The van der Waals surface area contributed by atoms with E-state index in [2.05, 4.69) is 0 Å². The normalized spacial score (nSPS) is 19.8. The van der Waals surface area contributed by atoms with Crippen LogP contribution in [0.3, 0.4) is 0 Å². The molecule has 158 valence electrons. The van der Waals surface area contributed by atoms with Gasteiger partial charge in [0.1, 0.15) is 5.56 Å². The van der Waals surface area contributed by atoms with E-state index in [1.807, 2.05) is 13.0 Å². The van der Waals surface area contributed by atoms with Crippen molar-refractivity contribution in [3.8, 4) is 17.2 Å². The molecular formula is C23H26N2O5. The highest BCUT2D eigenvalue weighted by Crippen LogP contribution is 2.35. The van der Waals surface area contributed by atoms with E-state index in [0.717, 1.165) is 32.3 Å². The Morgan fingerprint density at radius 1 is 1.03 bits per heavy atom. The largest absolute Gasteiger partial charge is 0.454 e. The third-order valence-corrected chi connectivity index (χ3v) is 6.55. The maximum atomic E-state index is 13.3. The molecule has 0 radical (unpaired) electrons. The Labute approximate surface area is 175 Å². The van der Waals surface area contributed by atoms with Gasteiger partial charge in [-0.05, 0) is 62.8 Å². The van der Waals surface area contributed by atoms with Gasteiger partial charge in [0.15, 0.2) is 11.5 Å². The number of aromatic nitrogens is 1. The fraction of sp³-hybridized carbons (Fsp3) is 0.478. The van der Waals surface area contributed by atoms with Crippen molar-refractivity contribution in [2.75, 3.05) is 26.5 Å². The van der Waals surface area contributed by atoms with Crippen LogP contribution in [0.15, 0.2) is 35.3 Å². The number of fused-ring (bicyclic) bond motifs is 1. The van der Waals surface area contributed by atoms with Crippen LogP contribution in [-0.2, 0) is 4.74 Å². The molecule has 1 aromatic heterocycles. The SMILES string of the molecule is Cc1ccn(-c2ccc3c(c2)OCO3)c(=O)c1C(=O)N1CCC2(CCCCO2)CC1. The smallest absolute Gasteiger partial charge is 0.268 e. The summed E-state index contributed by atoms with van der Waals surface area (Å²) < 4.78 is 18.3. The number of benzene rings is 1. The van der Waals surface area contributed by atoms with Gasteiger partial charge < -0.3 is 19.1 Å². The predicted molar refractivity (Wildman–Crippen MR) is 111 cm³/mol. The first-order valence-electron chi connectivity index (χ1n) is 10.6. The van der Waals surface area contributed by atoms with Crippen molar-refractivity contribution in [2.45, 2.75) is 44.6 Å². The number of carbonyl (C=O) groups excluding carboxylic acids is 1. The lowest BCUT2D eigenvalue weighted by atomic mass is 9.84. The van der Waals surface area contributed by atoms with Gasteiger partial charge in [0.05, 0.1) is 11.3 Å². The molecule has 2 aromatic rings. The van der Waals surface area contributed by atoms with E-state index in [1.54, 1.807) is 29.3 Å². The Hall–Kier alpha value is -2.80. The van der Waals surface area contributed by atoms with E-state index in [1.165, 1.54) is 11.0 Å². The highest BCUT2D eigenvalue weighted by atomic mass is 16.7. The number of aryl methyl sites for hydroxylation is 1. The molecule has 0 N–H and O–H groups in total. The monoisotopic (exact) mass is 410 g/mol. The van der Waals surface area contributed by atoms with E-state index >= 15 is 0 Å². The standard InChI is InChI=1S/C23H26N2O5/c1-16-6-10-25(17-4-5-18-19(14-17)29-15-28-18)22(27)20(16)21(26)24-11-8-23(9-12-24)7-2-3-13-30-23/h4-6,10,14H,2-3,7-9,11-13,15H2,1H3. The number of piperidine rings is 1. The average molecular weight is 410 g/mol. The Morgan fingerprint density at radius 3 is 2.60 bits per heavy atom. The predicted octanol–water partition coefficient (Wildman–Crippen LogP) is 3.05. The number of hydrogen-bond acceptors (Lipinski definition) is 5. The van der Waals surface area contributed by atoms with Gasteiger partial charge in [-0.2, -0.15) is 0 Å². The van der Waals surface area contributed by atoms with Crippen molar-refractivity contribution in [1.82, 2.24) is 9.47 Å². The Kier molecular flexibility index (Phi) is 4.77. The summed E-state index contributed by atoms with van der Waals surface area (Å²) in [7, 11) is 0. The van der Waals surface area contributed by atoms with Crippen molar-refractivity contribution < 1.29 is 19.0 Å². The van der Waals surface area contributed by atoms with Gasteiger partial charge in [0, 0.05) is 32.0 Å². The van der Waals surface area contributed by atoms with Crippen LogP contribution < -0.4 is 15.0 Å². The van der Waals surface area contributed by atoms with Crippen molar-refractivity contribution in [1.29, 1.82) is 0 Å². The molecule has 1 spiro atoms. The molecule has 7 heteroatoms. The summed E-state index contributed by atoms with van der Waals surface area (Å²) in [6.07, 6.45) is 6.74. The molecule has 30 heavy (non-hydrogen) atoms. The molecule has 0 atom stereocenters. The van der Waals surface area contributed by atoms with Crippen LogP contribution in [0.25, 0.3) is 5.69 Å². The number of ether oxygens (including phenoxy) is 3. The van der Waals surface area contributed by atoms with Gasteiger partial charge >= 0.3 is 0 Å². The third-order valence-electron chi connectivity index (χ3n) is 6.55. The molecule has 2 fully saturated rings. The van der Waals surface area contributed by atoms with Gasteiger partial charge in [-0.15, -0.1) is 0 Å². The average Bonchev–Trinajstić information content (AvgIpc) is 3.23. The zero-order valence-electron chi connectivity index (χ0n) is 17.2. The van der Waals surface area contributed by atoms with Gasteiger partial charge in [-0.3, -0.25) is 14.2 Å². The Balaban J connectivity index is 1.41. The number of hydrogen-bond donors (Lipinski definition) is 0. The minimum atomic E-state index is -0.312. The van der Waals surface area contributed by atoms with E-state index in [-0.39, 0.29) is 29.4 Å². The lowest BCUT2D eigenvalue weighted by molar-refractivity contribution is -0.107. The second kappa shape index (κ2) is 7.47. The molecule has 3 aliphatic rings. The van der Waals surface area contributed by atoms with Gasteiger partial charge in [0.2, 0.25) is 6.79 Å². The van der Waals surface area contributed by atoms with Crippen LogP contribution in [0.5, 0.6) is 11.5 Å². The van der Waals surface area contributed by atoms with Gasteiger partial charge in [-0.25, -0.2) is 0 Å². The molecule has 0 aliphatic carbocycles. The summed E-state index contributed by atoms with van der Waals surface area (Å²) in [4.78, 5) is 28.4. The van der Waals surface area contributed by atoms with E-state index in [0.29, 0.717) is 35.8 Å². The van der Waals surface area contributed by atoms with Crippen molar-refractivity contribution in [2.24, 2.45) is 0 Å². The fourth-order valence-corrected chi connectivity index (χ4v) is 4.70. The fourth-order valence-electron chi connectivity index (χ4n) is 4.70. The van der Waals surface area contributed by atoms with Crippen LogP contribution in [0, 0.1) is 6.92 Å². The maximum absolute atomic E-state index is 13.3. The van der Waals surface area contributed by atoms with Crippen molar-refractivity contribution in [3.63, 3.8) is 0 Å². The maximum Gasteiger partial charge on any atom is 0.268 e. The molecule has 5 rings (SSSR count). The lowest BCUT2D eigenvalue weighted by Crippen LogP contribution is -2.50. The molecule has 4 heterocycles. The number of amides is 1. The number of rotatable bonds is 2. The summed E-state index contributed by atoms with van der Waals surface area (Å²) in [5.74, 6) is 1.06. The molecule has 7 nitrogen and oxygen atoms in total. The Morgan fingerprint density at radius 2 is 1.83 bits per heavy atom. The number of carbonyl (C=O) groups is 1. The Bertz CT molecular complexity index is 1030. The molecule has 1 amide bonds. The van der Waals surface area contributed by atoms with Crippen molar-refractivity contribution in [3.05, 3.63) is 51.9 Å². The third kappa shape index (κ3) is 3.27. The topological polar surface area (TPSA) is 70.0 Å². The minimum absolute atomic E-state index is 0.0759. The summed E-state index contributed by atoms with van der Waals surface area (Å²) in [6, 6.07) is 7.15. The molecule has 0 saturated carbocycles. The highest BCUT2D eigenvalue weighted by Gasteiger charge is 2.38. The molecule has 1 aromatic carbocycles.